The van der Waals surface area contributed by atoms with Crippen LogP contribution in [0.15, 0.2) is 0 Å². The summed E-state index contributed by atoms with van der Waals surface area (Å²) in [6.45, 7) is 4.20. The smallest absolute Gasteiger partial charge is 0.380 e. The highest BCUT2D eigenvalue weighted by atomic mass is 19.4. The number of hydrogen-bond donors (Lipinski definition) is 0. The molecule has 0 spiro atoms. The van der Waals surface area contributed by atoms with E-state index in [-0.39, 0.29) is 19.3 Å². The SMILES string of the molecule is CCC1(C(F)(F)F)CCN(C2CCOC2)CC1. The van der Waals surface area contributed by atoms with Crippen molar-refractivity contribution in [3.63, 3.8) is 0 Å². The van der Waals surface area contributed by atoms with Crippen molar-refractivity contribution in [2.45, 2.75) is 44.8 Å². The van der Waals surface area contributed by atoms with Gasteiger partial charge < -0.3 is 4.74 Å². The predicted octanol–water partition coefficient (Wildman–Crippen LogP) is 2.83. The molecule has 2 nitrogen and oxygen atoms in total. The average Bonchev–Trinajstić information content (AvgIpc) is 2.81. The fraction of sp³-hybridized carbons (Fsp3) is 1.00. The van der Waals surface area contributed by atoms with Crippen molar-refractivity contribution < 1.29 is 17.9 Å². The standard InChI is InChI=1S/C12H20F3NO/c1-2-11(12(13,14)15)4-6-16(7-5-11)10-3-8-17-9-10/h10H,2-9H2,1H3. The lowest BCUT2D eigenvalue weighted by Crippen LogP contribution is -2.50. The molecule has 17 heavy (non-hydrogen) atoms. The molecule has 2 fully saturated rings. The Labute approximate surface area is 100 Å². The molecule has 2 rings (SSSR count). The van der Waals surface area contributed by atoms with Crippen LogP contribution in [-0.2, 0) is 4.74 Å². The molecule has 0 bridgehead atoms. The maximum absolute atomic E-state index is 13.1. The van der Waals surface area contributed by atoms with E-state index >= 15 is 0 Å². The van der Waals surface area contributed by atoms with Crippen LogP contribution in [0.5, 0.6) is 0 Å². The summed E-state index contributed by atoms with van der Waals surface area (Å²) in [7, 11) is 0. The highest BCUT2D eigenvalue weighted by Gasteiger charge is 2.54. The summed E-state index contributed by atoms with van der Waals surface area (Å²) < 4.78 is 44.5. The van der Waals surface area contributed by atoms with Crippen molar-refractivity contribution in [2.75, 3.05) is 26.3 Å². The number of alkyl halides is 3. The highest BCUT2D eigenvalue weighted by Crippen LogP contribution is 2.48. The van der Waals surface area contributed by atoms with Gasteiger partial charge in [-0.15, -0.1) is 0 Å². The topological polar surface area (TPSA) is 12.5 Å². The number of ether oxygens (including phenoxy) is 1. The molecule has 1 unspecified atom stereocenters. The molecule has 2 saturated heterocycles. The van der Waals surface area contributed by atoms with Crippen LogP contribution in [0, 0.1) is 5.41 Å². The van der Waals surface area contributed by atoms with Gasteiger partial charge in [-0.3, -0.25) is 4.90 Å². The van der Waals surface area contributed by atoms with E-state index in [9.17, 15) is 13.2 Å². The van der Waals surface area contributed by atoms with Crippen molar-refractivity contribution in [3.05, 3.63) is 0 Å². The summed E-state index contributed by atoms with van der Waals surface area (Å²) >= 11 is 0. The quantitative estimate of drug-likeness (QED) is 0.748. The summed E-state index contributed by atoms with van der Waals surface area (Å²) in [5.74, 6) is 0. The minimum Gasteiger partial charge on any atom is -0.380 e. The third kappa shape index (κ3) is 2.45. The van der Waals surface area contributed by atoms with E-state index in [0.29, 0.717) is 25.7 Å². The predicted molar refractivity (Wildman–Crippen MR) is 58.8 cm³/mol. The van der Waals surface area contributed by atoms with E-state index in [1.807, 2.05) is 0 Å². The number of halogens is 3. The zero-order valence-corrected chi connectivity index (χ0v) is 10.2. The first-order valence-corrected chi connectivity index (χ1v) is 6.37. The molecule has 0 radical (unpaired) electrons. The molecule has 100 valence electrons. The van der Waals surface area contributed by atoms with Crippen LogP contribution in [0.1, 0.15) is 32.6 Å². The highest BCUT2D eigenvalue weighted by molar-refractivity contribution is 4.92. The molecular weight excluding hydrogens is 231 g/mol. The third-order valence-corrected chi connectivity index (χ3v) is 4.46. The van der Waals surface area contributed by atoms with Gasteiger partial charge in [-0.2, -0.15) is 13.2 Å². The Balaban J connectivity index is 1.96. The molecule has 5 heteroatoms. The molecule has 0 aromatic heterocycles. The van der Waals surface area contributed by atoms with E-state index in [2.05, 4.69) is 4.90 Å². The van der Waals surface area contributed by atoms with E-state index in [4.69, 9.17) is 4.74 Å². The van der Waals surface area contributed by atoms with Gasteiger partial charge in [0.05, 0.1) is 12.0 Å². The van der Waals surface area contributed by atoms with Gasteiger partial charge in [0.1, 0.15) is 0 Å². The van der Waals surface area contributed by atoms with Crippen molar-refractivity contribution in [1.29, 1.82) is 0 Å². The van der Waals surface area contributed by atoms with Gasteiger partial charge in [-0.25, -0.2) is 0 Å². The van der Waals surface area contributed by atoms with Crippen molar-refractivity contribution in [3.8, 4) is 0 Å². The van der Waals surface area contributed by atoms with Gasteiger partial charge in [0.2, 0.25) is 0 Å². The van der Waals surface area contributed by atoms with E-state index in [0.717, 1.165) is 13.0 Å². The Morgan fingerprint density at radius 2 is 1.94 bits per heavy atom. The molecule has 0 aromatic carbocycles. The molecular formula is C12H20F3NO. The zero-order valence-electron chi connectivity index (χ0n) is 10.2. The molecule has 0 amide bonds. The monoisotopic (exact) mass is 251 g/mol. The molecule has 2 aliphatic rings. The van der Waals surface area contributed by atoms with Gasteiger partial charge in [-0.05, 0) is 38.8 Å². The number of rotatable bonds is 2. The summed E-state index contributed by atoms with van der Waals surface area (Å²) in [5.41, 5.74) is -1.44. The fourth-order valence-electron chi connectivity index (χ4n) is 2.96. The summed E-state index contributed by atoms with van der Waals surface area (Å²) in [5, 5.41) is 0. The van der Waals surface area contributed by atoms with Crippen LogP contribution < -0.4 is 0 Å². The molecule has 0 saturated carbocycles. The normalized spacial score (nSPS) is 30.7. The van der Waals surface area contributed by atoms with Gasteiger partial charge >= 0.3 is 6.18 Å². The number of nitrogens with zero attached hydrogens (tertiary/aromatic N) is 1. The van der Waals surface area contributed by atoms with Crippen LogP contribution >= 0.6 is 0 Å². The molecule has 1 atom stereocenters. The van der Waals surface area contributed by atoms with Crippen molar-refractivity contribution in [1.82, 2.24) is 4.90 Å². The Kier molecular flexibility index (Phi) is 3.69. The average molecular weight is 251 g/mol. The molecule has 0 aliphatic carbocycles. The third-order valence-electron chi connectivity index (χ3n) is 4.46. The van der Waals surface area contributed by atoms with Gasteiger partial charge in [0.15, 0.2) is 0 Å². The molecule has 2 aliphatic heterocycles. The fourth-order valence-corrected chi connectivity index (χ4v) is 2.96. The lowest BCUT2D eigenvalue weighted by Gasteiger charge is -2.44. The maximum Gasteiger partial charge on any atom is 0.394 e. The zero-order chi connectivity index (χ0) is 12.5. The summed E-state index contributed by atoms with van der Waals surface area (Å²) in [6.07, 6.45) is -2.41. The van der Waals surface area contributed by atoms with Gasteiger partial charge in [0.25, 0.3) is 0 Å². The summed E-state index contributed by atoms with van der Waals surface area (Å²) in [4.78, 5) is 2.17. The lowest BCUT2D eigenvalue weighted by molar-refractivity contribution is -0.240. The molecule has 0 N–H and O–H groups in total. The Hall–Kier alpha value is -0.290. The second-order valence-corrected chi connectivity index (χ2v) is 5.19. The van der Waals surface area contributed by atoms with E-state index < -0.39 is 11.6 Å². The van der Waals surface area contributed by atoms with Crippen LogP contribution in [0.4, 0.5) is 13.2 Å². The van der Waals surface area contributed by atoms with Crippen molar-refractivity contribution in [2.24, 2.45) is 5.41 Å². The minimum atomic E-state index is -4.06. The lowest BCUT2D eigenvalue weighted by atomic mass is 9.75. The first-order chi connectivity index (χ1) is 7.98. The van der Waals surface area contributed by atoms with Crippen LogP contribution in [-0.4, -0.2) is 43.4 Å². The number of likely N-dealkylation sites (tertiary alicyclic amines) is 1. The van der Waals surface area contributed by atoms with Crippen LogP contribution in [0.3, 0.4) is 0 Å². The van der Waals surface area contributed by atoms with Crippen LogP contribution in [0.25, 0.3) is 0 Å². The number of hydrogen-bond acceptors (Lipinski definition) is 2. The largest absolute Gasteiger partial charge is 0.394 e. The van der Waals surface area contributed by atoms with Crippen LogP contribution in [0.2, 0.25) is 0 Å². The first kappa shape index (κ1) is 13.1. The van der Waals surface area contributed by atoms with Crippen molar-refractivity contribution >= 4 is 0 Å². The molecule has 0 aromatic rings. The Morgan fingerprint density at radius 1 is 1.29 bits per heavy atom. The molecule has 2 heterocycles. The summed E-state index contributed by atoms with van der Waals surface area (Å²) in [6, 6.07) is 0.345. The maximum atomic E-state index is 13.1. The van der Waals surface area contributed by atoms with E-state index in [1.165, 1.54) is 0 Å². The first-order valence-electron chi connectivity index (χ1n) is 6.37. The van der Waals surface area contributed by atoms with E-state index in [1.54, 1.807) is 6.92 Å². The van der Waals surface area contributed by atoms with Gasteiger partial charge in [-0.1, -0.05) is 6.92 Å². The number of piperidine rings is 1. The Bertz CT molecular complexity index is 253. The Morgan fingerprint density at radius 3 is 2.35 bits per heavy atom. The second-order valence-electron chi connectivity index (χ2n) is 5.19. The second kappa shape index (κ2) is 4.76. The minimum absolute atomic E-state index is 0.200. The van der Waals surface area contributed by atoms with Gasteiger partial charge in [0, 0.05) is 12.6 Å².